The zero-order valence-corrected chi connectivity index (χ0v) is 16.8. The average molecular weight is 392 g/mol. The van der Waals surface area contributed by atoms with Gasteiger partial charge in [-0.3, -0.25) is 9.59 Å². The van der Waals surface area contributed by atoms with Crippen LogP contribution >= 0.6 is 0 Å². The number of likely N-dealkylation sites (tertiary alicyclic amines) is 1. The van der Waals surface area contributed by atoms with Gasteiger partial charge in [0.25, 0.3) is 0 Å². The first-order valence-corrected chi connectivity index (χ1v) is 10.2. The van der Waals surface area contributed by atoms with Crippen molar-refractivity contribution in [1.82, 2.24) is 9.47 Å². The van der Waals surface area contributed by atoms with Gasteiger partial charge < -0.3 is 9.47 Å². The van der Waals surface area contributed by atoms with Crippen molar-refractivity contribution in [2.45, 2.75) is 51.7 Å². The second kappa shape index (κ2) is 7.82. The Morgan fingerprint density at radius 3 is 2.34 bits per heavy atom. The molecule has 1 aliphatic rings. The van der Waals surface area contributed by atoms with Crippen LogP contribution in [0.5, 0.6) is 0 Å². The van der Waals surface area contributed by atoms with E-state index in [1.807, 2.05) is 33.7 Å². The summed E-state index contributed by atoms with van der Waals surface area (Å²) in [6.07, 6.45) is 4.86. The van der Waals surface area contributed by atoms with E-state index in [1.165, 1.54) is 12.1 Å². The van der Waals surface area contributed by atoms with Crippen LogP contribution < -0.4 is 0 Å². The number of carbonyl (C=O) groups is 2. The predicted molar refractivity (Wildman–Crippen MR) is 111 cm³/mol. The maximum absolute atomic E-state index is 14.2. The molecule has 0 radical (unpaired) electrons. The van der Waals surface area contributed by atoms with Gasteiger partial charge in [0.15, 0.2) is 5.78 Å². The highest BCUT2D eigenvalue weighted by atomic mass is 19.1. The van der Waals surface area contributed by atoms with E-state index in [9.17, 15) is 14.0 Å². The van der Waals surface area contributed by atoms with Gasteiger partial charge in [0.1, 0.15) is 12.4 Å². The number of hydrogen-bond acceptors (Lipinski definition) is 2. The molecule has 0 N–H and O–H groups in total. The normalized spacial score (nSPS) is 19.5. The lowest BCUT2D eigenvalue weighted by atomic mass is 9.97. The first-order chi connectivity index (χ1) is 14.0. The molecule has 1 aliphatic heterocycles. The number of benzene rings is 2. The number of rotatable bonds is 4. The molecule has 0 aliphatic carbocycles. The van der Waals surface area contributed by atoms with E-state index in [2.05, 4.69) is 13.8 Å². The molecule has 1 aromatic heterocycles. The second-order valence-electron chi connectivity index (χ2n) is 7.93. The second-order valence-corrected chi connectivity index (χ2v) is 7.93. The quantitative estimate of drug-likeness (QED) is 0.599. The van der Waals surface area contributed by atoms with Gasteiger partial charge in [-0.1, -0.05) is 30.3 Å². The SMILES string of the molecule is C[C@H]1CCC[C@H](C)N1C(=O)Cn1cc(C(=O)c2ccccc2F)c2ccccc21. The molecular weight excluding hydrogens is 367 g/mol. The molecule has 0 bridgehead atoms. The van der Waals surface area contributed by atoms with Gasteiger partial charge in [0.2, 0.25) is 5.91 Å². The number of aromatic nitrogens is 1. The molecule has 29 heavy (non-hydrogen) atoms. The summed E-state index contributed by atoms with van der Waals surface area (Å²) in [5, 5.41) is 0.730. The van der Waals surface area contributed by atoms with Crippen molar-refractivity contribution in [3.05, 3.63) is 71.7 Å². The molecule has 2 heterocycles. The summed E-state index contributed by atoms with van der Waals surface area (Å²) < 4.78 is 16.0. The van der Waals surface area contributed by atoms with E-state index < -0.39 is 5.82 Å². The Kier molecular flexibility index (Phi) is 5.22. The third-order valence-corrected chi connectivity index (χ3v) is 5.94. The molecule has 0 spiro atoms. The lowest BCUT2D eigenvalue weighted by Crippen LogP contribution is -2.48. The highest BCUT2D eigenvalue weighted by molar-refractivity contribution is 6.16. The van der Waals surface area contributed by atoms with Crippen LogP contribution in [0.25, 0.3) is 10.9 Å². The fraction of sp³-hybridized carbons (Fsp3) is 0.333. The summed E-state index contributed by atoms with van der Waals surface area (Å²) in [5.41, 5.74) is 1.26. The molecule has 1 fully saturated rings. The average Bonchev–Trinajstić information content (AvgIpc) is 3.06. The van der Waals surface area contributed by atoms with Crippen LogP contribution in [-0.4, -0.2) is 33.2 Å². The van der Waals surface area contributed by atoms with Crippen molar-refractivity contribution in [2.75, 3.05) is 0 Å². The van der Waals surface area contributed by atoms with Crippen molar-refractivity contribution in [2.24, 2.45) is 0 Å². The Morgan fingerprint density at radius 2 is 1.62 bits per heavy atom. The van der Waals surface area contributed by atoms with Gasteiger partial charge in [0, 0.05) is 34.7 Å². The van der Waals surface area contributed by atoms with Gasteiger partial charge in [0.05, 0.1) is 5.56 Å². The van der Waals surface area contributed by atoms with Crippen molar-refractivity contribution < 1.29 is 14.0 Å². The summed E-state index contributed by atoms with van der Waals surface area (Å²) in [6.45, 7) is 4.35. The first kappa shape index (κ1) is 19.4. The van der Waals surface area contributed by atoms with Gasteiger partial charge in [-0.05, 0) is 51.3 Å². The largest absolute Gasteiger partial charge is 0.337 e. The number of hydrogen-bond donors (Lipinski definition) is 0. The third kappa shape index (κ3) is 3.57. The van der Waals surface area contributed by atoms with E-state index in [0.29, 0.717) is 5.56 Å². The Labute approximate surface area is 169 Å². The minimum absolute atomic E-state index is 0.0417. The van der Waals surface area contributed by atoms with Gasteiger partial charge >= 0.3 is 0 Å². The molecule has 2 atom stereocenters. The van der Waals surface area contributed by atoms with Crippen LogP contribution in [0.15, 0.2) is 54.7 Å². The summed E-state index contributed by atoms with van der Waals surface area (Å²) in [5.74, 6) is -0.859. The van der Waals surface area contributed by atoms with Crippen LogP contribution in [0, 0.1) is 5.82 Å². The fourth-order valence-corrected chi connectivity index (χ4v) is 4.49. The van der Waals surface area contributed by atoms with Crippen molar-refractivity contribution >= 4 is 22.6 Å². The lowest BCUT2D eigenvalue weighted by Gasteiger charge is -2.39. The van der Waals surface area contributed by atoms with Crippen molar-refractivity contribution in [3.63, 3.8) is 0 Å². The van der Waals surface area contributed by atoms with Crippen molar-refractivity contribution in [3.8, 4) is 0 Å². The number of ketones is 1. The molecule has 2 aromatic carbocycles. The highest BCUT2D eigenvalue weighted by Crippen LogP contribution is 2.27. The third-order valence-electron chi connectivity index (χ3n) is 5.94. The minimum Gasteiger partial charge on any atom is -0.337 e. The molecule has 150 valence electrons. The van der Waals surface area contributed by atoms with Crippen LogP contribution in [0.4, 0.5) is 4.39 Å². The van der Waals surface area contributed by atoms with Gasteiger partial charge in [-0.25, -0.2) is 4.39 Å². The number of carbonyl (C=O) groups excluding carboxylic acids is 2. The number of amides is 1. The summed E-state index contributed by atoms with van der Waals surface area (Å²) in [6, 6.07) is 13.9. The molecule has 0 saturated carbocycles. The van der Waals surface area contributed by atoms with Gasteiger partial charge in [-0.2, -0.15) is 0 Å². The van der Waals surface area contributed by atoms with E-state index in [-0.39, 0.29) is 35.9 Å². The number of halogens is 1. The Morgan fingerprint density at radius 1 is 0.966 bits per heavy atom. The minimum atomic E-state index is -0.540. The summed E-state index contributed by atoms with van der Waals surface area (Å²) >= 11 is 0. The van der Waals surface area contributed by atoms with Crippen LogP contribution in [0.2, 0.25) is 0 Å². The molecule has 4 nitrogen and oxygen atoms in total. The lowest BCUT2D eigenvalue weighted by molar-refractivity contribution is -0.137. The van der Waals surface area contributed by atoms with Gasteiger partial charge in [-0.15, -0.1) is 0 Å². The maximum Gasteiger partial charge on any atom is 0.242 e. The van der Waals surface area contributed by atoms with Crippen LogP contribution in [-0.2, 0) is 11.3 Å². The summed E-state index contributed by atoms with van der Waals surface area (Å²) in [7, 11) is 0. The Balaban J connectivity index is 1.70. The van der Waals surface area contributed by atoms with Crippen LogP contribution in [0.3, 0.4) is 0 Å². The van der Waals surface area contributed by atoms with E-state index in [0.717, 1.165) is 30.2 Å². The number of piperidine rings is 1. The molecule has 0 unspecified atom stereocenters. The number of nitrogens with zero attached hydrogens (tertiary/aromatic N) is 2. The Hall–Kier alpha value is -2.95. The maximum atomic E-state index is 14.2. The molecule has 1 saturated heterocycles. The zero-order chi connectivity index (χ0) is 20.5. The number of para-hydroxylation sites is 1. The fourth-order valence-electron chi connectivity index (χ4n) is 4.49. The smallest absolute Gasteiger partial charge is 0.242 e. The predicted octanol–water partition coefficient (Wildman–Crippen LogP) is 4.80. The van der Waals surface area contributed by atoms with E-state index in [1.54, 1.807) is 18.3 Å². The molecular formula is C24H25FN2O2. The molecule has 4 rings (SSSR count). The monoisotopic (exact) mass is 392 g/mol. The van der Waals surface area contributed by atoms with Crippen LogP contribution in [0.1, 0.15) is 49.0 Å². The van der Waals surface area contributed by atoms with E-state index >= 15 is 0 Å². The first-order valence-electron chi connectivity index (χ1n) is 10.2. The molecule has 3 aromatic rings. The number of fused-ring (bicyclic) bond motifs is 1. The molecule has 5 heteroatoms. The molecule has 1 amide bonds. The van der Waals surface area contributed by atoms with E-state index in [4.69, 9.17) is 0 Å². The highest BCUT2D eigenvalue weighted by Gasteiger charge is 2.29. The van der Waals surface area contributed by atoms with Crippen molar-refractivity contribution in [1.29, 1.82) is 0 Å². The Bertz CT molecular complexity index is 1060. The zero-order valence-electron chi connectivity index (χ0n) is 16.8. The topological polar surface area (TPSA) is 42.3 Å². The standard InChI is InChI=1S/C24H25FN2O2/c1-16-8-7-9-17(2)27(16)23(28)15-26-14-20(18-10-4-6-13-22(18)26)24(29)19-11-3-5-12-21(19)25/h3-6,10-14,16-17H,7-9,15H2,1-2H3/t16-,17-/m0/s1. The summed E-state index contributed by atoms with van der Waals surface area (Å²) in [4.78, 5) is 28.1.